The molecule has 5 nitrogen and oxygen atoms in total. The van der Waals surface area contributed by atoms with E-state index >= 15 is 35.1 Å². The van der Waals surface area contributed by atoms with Gasteiger partial charge in [0.15, 0.2) is 46.5 Å². The number of halogens is 8. The minimum Gasteiger partial charge on any atom is -0.488 e. The SMILES string of the molecule is CCCCCC(C)(C)c1c(F)c(F)c(C(=O)c2ccc(Oc3ccc(C(=O)c4c(F)c(F)c(Oc5ccc(C6(c7ccc(OC(C)(C)CCC)cc7)c7ccccc7-c7ccccc76)cc5)c(F)c4F)cc3)cc2)c(F)c1F. The highest BCUT2D eigenvalue weighted by Gasteiger charge is 2.46. The van der Waals surface area contributed by atoms with Gasteiger partial charge in [-0.3, -0.25) is 9.59 Å². The van der Waals surface area contributed by atoms with Gasteiger partial charge in [-0.25, -0.2) is 26.3 Å². The second kappa shape index (κ2) is 21.8. The summed E-state index contributed by atoms with van der Waals surface area (Å²) in [6.45, 7) is 11.1. The fourth-order valence-electron chi connectivity index (χ4n) is 10.7. The third kappa shape index (κ3) is 9.95. The van der Waals surface area contributed by atoms with Gasteiger partial charge in [0.2, 0.25) is 17.4 Å². The summed E-state index contributed by atoms with van der Waals surface area (Å²) in [7, 11) is 0. The van der Waals surface area contributed by atoms with Crippen molar-refractivity contribution in [1.29, 1.82) is 0 Å². The van der Waals surface area contributed by atoms with Gasteiger partial charge in [0.25, 0.3) is 0 Å². The molecule has 0 amide bonds. The monoisotopic (exact) mass is 1070 g/mol. The van der Waals surface area contributed by atoms with Crippen molar-refractivity contribution < 1.29 is 58.9 Å². The molecule has 0 saturated carbocycles. The van der Waals surface area contributed by atoms with Gasteiger partial charge in [0, 0.05) is 16.7 Å². The first-order chi connectivity index (χ1) is 37.2. The van der Waals surface area contributed by atoms with E-state index in [4.69, 9.17) is 14.2 Å². The summed E-state index contributed by atoms with van der Waals surface area (Å²) in [6, 6.07) is 39.5. The van der Waals surface area contributed by atoms with Crippen molar-refractivity contribution in [2.24, 2.45) is 0 Å². The average molecular weight is 1070 g/mol. The van der Waals surface area contributed by atoms with E-state index < -0.39 is 91.4 Å². The molecule has 0 N–H and O–H groups in total. The second-order valence-electron chi connectivity index (χ2n) is 20.7. The molecule has 8 aromatic rings. The first-order valence-corrected chi connectivity index (χ1v) is 25.7. The molecule has 0 fully saturated rings. The molecular formula is C65H54F8O5. The largest absolute Gasteiger partial charge is 0.488 e. The standard InChI is InChI=1S/C65H54F8O5/c1-7-9-14-36-63(3,4)51-56(70)52(66)49(53(67)57(51)71)60(74)37-19-27-41(28-20-37)76-42-29-21-38(22-30-42)61(75)50-54(68)58(72)62(59(73)55(50)69)77-43-31-23-39(24-32-43)65(40-25-33-44(34-26-40)78-64(5,6)35-8-2)47-17-12-10-15-45(47)46-16-11-13-18-48(46)65/h10-13,15-34H,7-9,14,35-36H2,1-6H3. The summed E-state index contributed by atoms with van der Waals surface area (Å²) in [6.07, 6.45) is 4.19. The van der Waals surface area contributed by atoms with Gasteiger partial charge >= 0.3 is 0 Å². The molecule has 0 unspecified atom stereocenters. The molecule has 1 aliphatic rings. The number of benzene rings is 8. The van der Waals surface area contributed by atoms with Crippen molar-refractivity contribution >= 4 is 11.6 Å². The molecule has 0 spiro atoms. The minimum absolute atomic E-state index is 0.0405. The van der Waals surface area contributed by atoms with Crippen LogP contribution < -0.4 is 14.2 Å². The zero-order valence-electron chi connectivity index (χ0n) is 43.7. The van der Waals surface area contributed by atoms with Crippen molar-refractivity contribution in [2.75, 3.05) is 0 Å². The van der Waals surface area contributed by atoms with Crippen LogP contribution in [0.25, 0.3) is 11.1 Å². The van der Waals surface area contributed by atoms with Gasteiger partial charge in [-0.2, -0.15) is 8.78 Å². The Bertz CT molecular complexity index is 3470. The van der Waals surface area contributed by atoms with E-state index in [0.29, 0.717) is 12.2 Å². The molecular weight excluding hydrogens is 1010 g/mol. The zero-order chi connectivity index (χ0) is 55.8. The number of carbonyl (C=O) groups excluding carboxylic acids is 2. The van der Waals surface area contributed by atoms with Crippen LogP contribution in [0.5, 0.6) is 28.7 Å². The maximum Gasteiger partial charge on any atom is 0.205 e. The number of hydrogen-bond acceptors (Lipinski definition) is 5. The normalized spacial score (nSPS) is 12.7. The summed E-state index contributed by atoms with van der Waals surface area (Å²) in [5, 5.41) is 0. The second-order valence-corrected chi connectivity index (χ2v) is 20.7. The molecule has 1 aliphatic carbocycles. The fraction of sp³-hybridized carbons (Fsp3) is 0.231. The smallest absolute Gasteiger partial charge is 0.205 e. The Balaban J connectivity index is 0.924. The lowest BCUT2D eigenvalue weighted by atomic mass is 9.68. The number of fused-ring (bicyclic) bond motifs is 3. The maximum absolute atomic E-state index is 15.9. The molecule has 0 aliphatic heterocycles. The molecule has 0 heterocycles. The number of hydrogen-bond donors (Lipinski definition) is 0. The van der Waals surface area contributed by atoms with Gasteiger partial charge in [-0.05, 0) is 138 Å². The molecule has 0 radical (unpaired) electrons. The molecule has 0 aromatic heterocycles. The van der Waals surface area contributed by atoms with E-state index in [2.05, 4.69) is 6.92 Å². The summed E-state index contributed by atoms with van der Waals surface area (Å²) in [5.41, 5.74) is -1.25. The number of rotatable bonds is 19. The minimum atomic E-state index is -1.99. The Morgan fingerprint density at radius 3 is 1.27 bits per heavy atom. The Morgan fingerprint density at radius 1 is 0.436 bits per heavy atom. The lowest BCUT2D eigenvalue weighted by Crippen LogP contribution is -2.29. The van der Waals surface area contributed by atoms with Gasteiger partial charge in [-0.15, -0.1) is 0 Å². The number of carbonyl (C=O) groups is 2. The van der Waals surface area contributed by atoms with Crippen LogP contribution in [0, 0.1) is 46.5 Å². The molecule has 0 saturated heterocycles. The van der Waals surface area contributed by atoms with E-state index in [-0.39, 0.29) is 40.4 Å². The summed E-state index contributed by atoms with van der Waals surface area (Å²) in [4.78, 5) is 26.8. The molecule has 8 aromatic carbocycles. The van der Waals surface area contributed by atoms with Crippen molar-refractivity contribution in [3.8, 4) is 39.9 Å². The highest BCUT2D eigenvalue weighted by atomic mass is 19.2. The van der Waals surface area contributed by atoms with E-state index in [1.807, 2.05) is 93.6 Å². The van der Waals surface area contributed by atoms with Crippen LogP contribution in [0.4, 0.5) is 35.1 Å². The summed E-state index contributed by atoms with van der Waals surface area (Å²) >= 11 is 0. The average Bonchev–Trinajstić information content (AvgIpc) is 3.99. The molecule has 0 atom stereocenters. The molecule has 0 bridgehead atoms. The van der Waals surface area contributed by atoms with Crippen LogP contribution in [0.2, 0.25) is 0 Å². The quantitative estimate of drug-likeness (QED) is 0.0349. The van der Waals surface area contributed by atoms with Crippen LogP contribution in [0.3, 0.4) is 0 Å². The first-order valence-electron chi connectivity index (χ1n) is 25.7. The summed E-state index contributed by atoms with van der Waals surface area (Å²) < 4.78 is 143. The summed E-state index contributed by atoms with van der Waals surface area (Å²) in [5.74, 6) is -18.3. The predicted octanol–water partition coefficient (Wildman–Crippen LogP) is 18.0. The first kappa shape index (κ1) is 54.7. The highest BCUT2D eigenvalue weighted by Crippen LogP contribution is 2.56. The highest BCUT2D eigenvalue weighted by molar-refractivity contribution is 6.10. The molecule has 400 valence electrons. The Labute approximate surface area is 447 Å². The van der Waals surface area contributed by atoms with Crippen LogP contribution in [-0.2, 0) is 10.8 Å². The molecule has 78 heavy (non-hydrogen) atoms. The van der Waals surface area contributed by atoms with Crippen molar-refractivity contribution in [1.82, 2.24) is 0 Å². The maximum atomic E-state index is 15.9. The Kier molecular flexibility index (Phi) is 15.3. The van der Waals surface area contributed by atoms with E-state index in [1.54, 1.807) is 12.1 Å². The zero-order valence-corrected chi connectivity index (χ0v) is 43.7. The number of ketones is 2. The van der Waals surface area contributed by atoms with E-state index in [1.165, 1.54) is 50.2 Å². The van der Waals surface area contributed by atoms with Crippen LogP contribution in [0.15, 0.2) is 146 Å². The van der Waals surface area contributed by atoms with Gasteiger partial charge < -0.3 is 14.2 Å². The Hall–Kier alpha value is -8.06. The van der Waals surface area contributed by atoms with Crippen molar-refractivity contribution in [3.63, 3.8) is 0 Å². The Morgan fingerprint density at radius 2 is 0.833 bits per heavy atom. The van der Waals surface area contributed by atoms with Gasteiger partial charge in [-0.1, -0.05) is 126 Å². The number of unbranched alkanes of at least 4 members (excludes halogenated alkanes) is 2. The van der Waals surface area contributed by atoms with Gasteiger partial charge in [0.05, 0.1) is 5.41 Å². The lowest BCUT2D eigenvalue weighted by molar-refractivity contribution is 0.0984. The predicted molar refractivity (Wildman–Crippen MR) is 283 cm³/mol. The van der Waals surface area contributed by atoms with Crippen LogP contribution >= 0.6 is 0 Å². The van der Waals surface area contributed by atoms with Crippen molar-refractivity contribution in [2.45, 2.75) is 96.5 Å². The molecule has 9 rings (SSSR count). The van der Waals surface area contributed by atoms with E-state index in [0.717, 1.165) is 83.3 Å². The topological polar surface area (TPSA) is 61.8 Å². The van der Waals surface area contributed by atoms with Crippen LogP contribution in [-0.4, -0.2) is 17.2 Å². The molecule has 13 heteroatoms. The fourth-order valence-corrected chi connectivity index (χ4v) is 10.7. The van der Waals surface area contributed by atoms with E-state index in [9.17, 15) is 9.59 Å². The van der Waals surface area contributed by atoms with Gasteiger partial charge in [0.1, 0.15) is 39.7 Å². The third-order valence-electron chi connectivity index (χ3n) is 14.5. The third-order valence-corrected chi connectivity index (χ3v) is 14.5. The van der Waals surface area contributed by atoms with Crippen LogP contribution in [0.1, 0.15) is 140 Å². The van der Waals surface area contributed by atoms with Crippen molar-refractivity contribution in [3.05, 3.63) is 242 Å². The number of ether oxygens (including phenoxy) is 3. The lowest BCUT2D eigenvalue weighted by Gasteiger charge is -2.34.